The molecule has 1 saturated heterocycles. The number of hydrogen-bond acceptors (Lipinski definition) is 6. The van der Waals surface area contributed by atoms with Gasteiger partial charge in [-0.1, -0.05) is 30.3 Å². The molecule has 1 aliphatic rings. The van der Waals surface area contributed by atoms with Crippen molar-refractivity contribution in [3.63, 3.8) is 0 Å². The maximum absolute atomic E-state index is 5.49. The second-order valence-corrected chi connectivity index (χ2v) is 6.38. The summed E-state index contributed by atoms with van der Waals surface area (Å²) in [5.41, 5.74) is 2.16. The van der Waals surface area contributed by atoms with Gasteiger partial charge in [0.1, 0.15) is 11.6 Å². The maximum Gasteiger partial charge on any atom is 0.227 e. The van der Waals surface area contributed by atoms with Crippen LogP contribution in [0.3, 0.4) is 0 Å². The molecule has 1 N–H and O–H groups in total. The molecule has 0 radical (unpaired) electrons. The number of methoxy groups -OCH3 is 1. The average Bonchev–Trinajstić information content (AvgIpc) is 2.75. The summed E-state index contributed by atoms with van der Waals surface area (Å²) in [5.74, 6) is 2.48. The van der Waals surface area contributed by atoms with E-state index in [0.29, 0.717) is 0 Å². The molecule has 6 nitrogen and oxygen atoms in total. The lowest BCUT2D eigenvalue weighted by molar-refractivity contribution is 0.413. The highest BCUT2D eigenvalue weighted by molar-refractivity contribution is 5.60. The highest BCUT2D eigenvalue weighted by atomic mass is 16.5. The smallest absolute Gasteiger partial charge is 0.227 e. The summed E-state index contributed by atoms with van der Waals surface area (Å²) in [6.45, 7) is 3.54. The van der Waals surface area contributed by atoms with Crippen LogP contribution < -0.4 is 19.9 Å². The SMILES string of the molecule is COc1ccccc1N1CCN(c2nccc(Nc3ccccc3)n2)CC1. The molecule has 6 heteroatoms. The lowest BCUT2D eigenvalue weighted by Crippen LogP contribution is -2.47. The third kappa shape index (κ3) is 3.95. The van der Waals surface area contributed by atoms with Gasteiger partial charge in [-0.3, -0.25) is 0 Å². The van der Waals surface area contributed by atoms with E-state index in [-0.39, 0.29) is 0 Å². The highest BCUT2D eigenvalue weighted by Crippen LogP contribution is 2.29. The molecule has 4 rings (SSSR count). The molecule has 27 heavy (non-hydrogen) atoms. The number of benzene rings is 2. The predicted octanol–water partition coefficient (Wildman–Crippen LogP) is 3.56. The van der Waals surface area contributed by atoms with E-state index < -0.39 is 0 Å². The van der Waals surface area contributed by atoms with Crippen molar-refractivity contribution in [3.8, 4) is 5.75 Å². The van der Waals surface area contributed by atoms with Crippen molar-refractivity contribution >= 4 is 23.1 Å². The third-order valence-corrected chi connectivity index (χ3v) is 4.68. The fourth-order valence-electron chi connectivity index (χ4n) is 3.28. The van der Waals surface area contributed by atoms with Gasteiger partial charge in [-0.2, -0.15) is 4.98 Å². The number of nitrogens with one attached hydrogen (secondary N) is 1. The number of nitrogens with zero attached hydrogens (tertiary/aromatic N) is 4. The van der Waals surface area contributed by atoms with Crippen molar-refractivity contribution in [1.29, 1.82) is 0 Å². The molecular weight excluding hydrogens is 338 g/mol. The largest absolute Gasteiger partial charge is 0.495 e. The molecular formula is C21H23N5O. The lowest BCUT2D eigenvalue weighted by Gasteiger charge is -2.36. The van der Waals surface area contributed by atoms with Crippen molar-refractivity contribution in [2.24, 2.45) is 0 Å². The molecule has 0 spiro atoms. The van der Waals surface area contributed by atoms with Crippen LogP contribution in [0.4, 0.5) is 23.1 Å². The molecule has 0 unspecified atom stereocenters. The standard InChI is InChI=1S/C21H23N5O/c1-27-19-10-6-5-9-18(19)25-13-15-26(16-14-25)21-22-12-11-20(24-21)23-17-7-3-2-4-8-17/h2-12H,13-16H2,1H3,(H,22,23,24). The minimum absolute atomic E-state index is 0.760. The van der Waals surface area contributed by atoms with Gasteiger partial charge in [0, 0.05) is 38.1 Å². The van der Waals surface area contributed by atoms with Crippen LogP contribution in [0.15, 0.2) is 66.9 Å². The zero-order valence-corrected chi connectivity index (χ0v) is 15.4. The Hall–Kier alpha value is -3.28. The predicted molar refractivity (Wildman–Crippen MR) is 109 cm³/mol. The van der Waals surface area contributed by atoms with Crippen molar-refractivity contribution in [1.82, 2.24) is 9.97 Å². The van der Waals surface area contributed by atoms with Crippen LogP contribution >= 0.6 is 0 Å². The van der Waals surface area contributed by atoms with Crippen LogP contribution in [0.1, 0.15) is 0 Å². The summed E-state index contributed by atoms with van der Waals surface area (Å²) >= 11 is 0. The fourth-order valence-corrected chi connectivity index (χ4v) is 3.28. The van der Waals surface area contributed by atoms with Crippen LogP contribution in [0, 0.1) is 0 Å². The van der Waals surface area contributed by atoms with Gasteiger partial charge in [-0.15, -0.1) is 0 Å². The summed E-state index contributed by atoms with van der Waals surface area (Å²) in [6, 6.07) is 20.1. The minimum Gasteiger partial charge on any atom is -0.495 e. The zero-order chi connectivity index (χ0) is 18.5. The van der Waals surface area contributed by atoms with E-state index in [2.05, 4.69) is 31.2 Å². The van der Waals surface area contributed by atoms with Crippen LogP contribution in [0.25, 0.3) is 0 Å². The summed E-state index contributed by atoms with van der Waals surface area (Å²) in [7, 11) is 1.72. The maximum atomic E-state index is 5.49. The topological polar surface area (TPSA) is 53.5 Å². The molecule has 2 heterocycles. The van der Waals surface area contributed by atoms with E-state index in [1.807, 2.05) is 54.6 Å². The molecule has 3 aromatic rings. The van der Waals surface area contributed by atoms with Crippen molar-refractivity contribution in [2.75, 3.05) is 48.4 Å². The molecule has 2 aromatic carbocycles. The number of para-hydroxylation sites is 3. The first kappa shape index (κ1) is 17.1. The summed E-state index contributed by atoms with van der Waals surface area (Å²) in [6.07, 6.45) is 1.81. The Morgan fingerprint density at radius 2 is 1.56 bits per heavy atom. The second kappa shape index (κ2) is 7.95. The van der Waals surface area contributed by atoms with Crippen molar-refractivity contribution in [2.45, 2.75) is 0 Å². The Morgan fingerprint density at radius 1 is 0.852 bits per heavy atom. The first-order chi connectivity index (χ1) is 13.3. The quantitative estimate of drug-likeness (QED) is 0.750. The second-order valence-electron chi connectivity index (χ2n) is 6.38. The molecule has 138 valence electrons. The Labute approximate surface area is 159 Å². The van der Waals surface area contributed by atoms with Gasteiger partial charge in [0.15, 0.2) is 0 Å². The molecule has 0 saturated carbocycles. The fraction of sp³-hybridized carbons (Fsp3) is 0.238. The van der Waals surface area contributed by atoms with Crippen molar-refractivity contribution < 1.29 is 4.74 Å². The molecule has 1 fully saturated rings. The van der Waals surface area contributed by atoms with E-state index in [1.54, 1.807) is 13.3 Å². The Balaban J connectivity index is 1.43. The normalized spacial score (nSPS) is 14.1. The van der Waals surface area contributed by atoms with Crippen LogP contribution in [0.5, 0.6) is 5.75 Å². The van der Waals surface area contributed by atoms with Crippen molar-refractivity contribution in [3.05, 3.63) is 66.9 Å². The van der Waals surface area contributed by atoms with Crippen LogP contribution in [-0.2, 0) is 0 Å². The van der Waals surface area contributed by atoms with E-state index in [9.17, 15) is 0 Å². The number of piperazine rings is 1. The van der Waals surface area contributed by atoms with Gasteiger partial charge in [-0.05, 0) is 30.3 Å². The van der Waals surface area contributed by atoms with Gasteiger partial charge >= 0.3 is 0 Å². The van der Waals surface area contributed by atoms with E-state index in [4.69, 9.17) is 4.74 Å². The van der Waals surface area contributed by atoms with E-state index in [0.717, 1.165) is 55.1 Å². The Morgan fingerprint density at radius 3 is 2.33 bits per heavy atom. The number of ether oxygens (including phenoxy) is 1. The van der Waals surface area contributed by atoms with Gasteiger partial charge in [-0.25, -0.2) is 4.98 Å². The summed E-state index contributed by atoms with van der Waals surface area (Å²) in [5, 5.41) is 3.33. The minimum atomic E-state index is 0.760. The van der Waals surface area contributed by atoms with Gasteiger partial charge in [0.25, 0.3) is 0 Å². The number of aromatic nitrogens is 2. The van der Waals surface area contributed by atoms with Crippen LogP contribution in [-0.4, -0.2) is 43.3 Å². The van der Waals surface area contributed by atoms with Gasteiger partial charge in [0.05, 0.1) is 12.8 Å². The number of hydrogen-bond donors (Lipinski definition) is 1. The molecule has 0 amide bonds. The van der Waals surface area contributed by atoms with Crippen LogP contribution in [0.2, 0.25) is 0 Å². The Bertz CT molecular complexity index is 879. The zero-order valence-electron chi connectivity index (χ0n) is 15.4. The van der Waals surface area contributed by atoms with E-state index >= 15 is 0 Å². The number of anilines is 4. The molecule has 0 aliphatic carbocycles. The first-order valence-electron chi connectivity index (χ1n) is 9.11. The molecule has 1 aliphatic heterocycles. The monoisotopic (exact) mass is 361 g/mol. The highest BCUT2D eigenvalue weighted by Gasteiger charge is 2.21. The summed E-state index contributed by atoms with van der Waals surface area (Å²) in [4.78, 5) is 13.7. The summed E-state index contributed by atoms with van der Waals surface area (Å²) < 4.78 is 5.49. The van der Waals surface area contributed by atoms with Gasteiger partial charge < -0.3 is 19.9 Å². The molecule has 1 aromatic heterocycles. The molecule has 0 bridgehead atoms. The number of rotatable bonds is 5. The van der Waals surface area contributed by atoms with Gasteiger partial charge in [0.2, 0.25) is 5.95 Å². The molecule has 0 atom stereocenters. The average molecular weight is 361 g/mol. The van der Waals surface area contributed by atoms with E-state index in [1.165, 1.54) is 0 Å². The third-order valence-electron chi connectivity index (χ3n) is 4.68. The first-order valence-corrected chi connectivity index (χ1v) is 9.11. The Kier molecular flexibility index (Phi) is 5.05. The lowest BCUT2D eigenvalue weighted by atomic mass is 10.2.